The molecule has 0 radical (unpaired) electrons. The molecular weight excluding hydrogens is 446 g/mol. The number of aliphatic hydroxyl groups excluding tert-OH is 3. The number of amides is 1. The SMILES string of the molecule is C=C1C[C@](OC)([C@H](O)C(=O)N[C@@H](OC)[C@@H]2C[C@@H](O)C(C)(C)[C@@H](C[C@H](O)COC)O2)O[C@H](C)[C@@H]1C. The van der Waals surface area contributed by atoms with Gasteiger partial charge in [0.25, 0.3) is 5.91 Å². The van der Waals surface area contributed by atoms with Gasteiger partial charge in [-0.15, -0.1) is 0 Å². The molecular formula is C24H43NO9. The Morgan fingerprint density at radius 2 is 1.91 bits per heavy atom. The van der Waals surface area contributed by atoms with E-state index in [2.05, 4.69) is 11.9 Å². The number of aliphatic hydroxyl groups is 3. The summed E-state index contributed by atoms with van der Waals surface area (Å²) in [6, 6.07) is 0. The zero-order valence-electron chi connectivity index (χ0n) is 21.4. The zero-order valence-corrected chi connectivity index (χ0v) is 21.4. The summed E-state index contributed by atoms with van der Waals surface area (Å²) in [6.45, 7) is 11.7. The van der Waals surface area contributed by atoms with Gasteiger partial charge in [0.1, 0.15) is 6.10 Å². The molecule has 0 aromatic carbocycles. The summed E-state index contributed by atoms with van der Waals surface area (Å²) in [6.07, 6.45) is -5.14. The van der Waals surface area contributed by atoms with Crippen LogP contribution in [0.3, 0.4) is 0 Å². The third-order valence-corrected chi connectivity index (χ3v) is 7.42. The van der Waals surface area contributed by atoms with Gasteiger partial charge in [0.15, 0.2) is 12.3 Å². The molecule has 1 amide bonds. The highest BCUT2D eigenvalue weighted by Crippen LogP contribution is 2.40. The van der Waals surface area contributed by atoms with Crippen molar-refractivity contribution < 1.29 is 43.8 Å². The van der Waals surface area contributed by atoms with Crippen LogP contribution in [0.4, 0.5) is 0 Å². The molecule has 2 rings (SSSR count). The predicted octanol–water partition coefficient (Wildman–Crippen LogP) is 0.722. The van der Waals surface area contributed by atoms with E-state index in [1.807, 2.05) is 27.7 Å². The van der Waals surface area contributed by atoms with Crippen LogP contribution in [0.2, 0.25) is 0 Å². The third-order valence-electron chi connectivity index (χ3n) is 7.42. The Morgan fingerprint density at radius 3 is 2.44 bits per heavy atom. The first kappa shape index (κ1) is 29.1. The van der Waals surface area contributed by atoms with Crippen LogP contribution < -0.4 is 5.32 Å². The summed E-state index contributed by atoms with van der Waals surface area (Å²) >= 11 is 0. The Morgan fingerprint density at radius 1 is 1.26 bits per heavy atom. The predicted molar refractivity (Wildman–Crippen MR) is 124 cm³/mol. The second kappa shape index (κ2) is 11.7. The maximum absolute atomic E-state index is 13.1. The van der Waals surface area contributed by atoms with Gasteiger partial charge in [0, 0.05) is 51.9 Å². The first-order valence-corrected chi connectivity index (χ1v) is 11.7. The summed E-state index contributed by atoms with van der Waals surface area (Å²) in [5.74, 6) is -2.29. The van der Waals surface area contributed by atoms with Gasteiger partial charge in [-0.05, 0) is 6.92 Å². The number of nitrogens with one attached hydrogen (secondary N) is 1. The number of methoxy groups -OCH3 is 3. The largest absolute Gasteiger partial charge is 0.392 e. The van der Waals surface area contributed by atoms with E-state index in [9.17, 15) is 20.1 Å². The van der Waals surface area contributed by atoms with Crippen LogP contribution in [0.1, 0.15) is 47.0 Å². The minimum Gasteiger partial charge on any atom is -0.392 e. The van der Waals surface area contributed by atoms with Gasteiger partial charge >= 0.3 is 0 Å². The topological polar surface area (TPSA) is 136 Å². The number of rotatable bonds is 10. The molecule has 2 saturated heterocycles. The van der Waals surface area contributed by atoms with Crippen LogP contribution >= 0.6 is 0 Å². The molecule has 0 unspecified atom stereocenters. The highest BCUT2D eigenvalue weighted by atomic mass is 16.7. The molecule has 0 saturated carbocycles. The van der Waals surface area contributed by atoms with Crippen molar-refractivity contribution in [2.75, 3.05) is 27.9 Å². The van der Waals surface area contributed by atoms with Crippen molar-refractivity contribution in [3.05, 3.63) is 12.2 Å². The third kappa shape index (κ3) is 6.17. The summed E-state index contributed by atoms with van der Waals surface area (Å²) in [4.78, 5) is 13.1. The summed E-state index contributed by atoms with van der Waals surface area (Å²) in [5.41, 5.74) is 0.171. The van der Waals surface area contributed by atoms with Crippen LogP contribution in [0.15, 0.2) is 12.2 Å². The summed E-state index contributed by atoms with van der Waals surface area (Å²) in [7, 11) is 4.27. The lowest BCUT2D eigenvalue weighted by Crippen LogP contribution is -2.62. The monoisotopic (exact) mass is 489 g/mol. The molecule has 2 heterocycles. The molecule has 2 fully saturated rings. The normalized spacial score (nSPS) is 36.5. The zero-order chi connectivity index (χ0) is 25.8. The van der Waals surface area contributed by atoms with Crippen molar-refractivity contribution in [3.63, 3.8) is 0 Å². The van der Waals surface area contributed by atoms with Crippen LogP contribution in [-0.4, -0.2) is 97.8 Å². The van der Waals surface area contributed by atoms with Crippen molar-refractivity contribution in [1.82, 2.24) is 5.32 Å². The summed E-state index contributed by atoms with van der Waals surface area (Å²) < 4.78 is 28.1. The Bertz CT molecular complexity index is 702. The molecule has 9 atom stereocenters. The fraction of sp³-hybridized carbons (Fsp3) is 0.875. The lowest BCUT2D eigenvalue weighted by atomic mass is 9.74. The first-order valence-electron chi connectivity index (χ1n) is 11.7. The second-order valence-electron chi connectivity index (χ2n) is 10.1. The molecule has 10 heteroatoms. The standard InChI is InChI=1S/C24H43NO9/c1-13-11-24(32-8,34-15(3)14(13)2)20(28)21(29)25-22(31-7)17-10-18(27)23(4,5)19(33-17)9-16(26)12-30-6/h14-20,22,26-28H,1,9-12H2,2-8H3,(H,25,29)/t14-,15-,16+,17+,18-,19-,20-,22+,24-/m1/s1. The number of carbonyl (C=O) groups excluding carboxylic acids is 1. The lowest BCUT2D eigenvalue weighted by Gasteiger charge is -2.48. The Kier molecular flexibility index (Phi) is 10.1. The van der Waals surface area contributed by atoms with E-state index in [-0.39, 0.29) is 37.9 Å². The van der Waals surface area contributed by atoms with E-state index < -0.39 is 53.9 Å². The summed E-state index contributed by atoms with van der Waals surface area (Å²) in [5, 5.41) is 34.6. The fourth-order valence-electron chi connectivity index (χ4n) is 4.63. The quantitative estimate of drug-likeness (QED) is 0.258. The Labute approximate surface area is 202 Å². The van der Waals surface area contributed by atoms with Crippen molar-refractivity contribution in [2.24, 2.45) is 11.3 Å². The average Bonchev–Trinajstić information content (AvgIpc) is 2.78. The Hall–Kier alpha value is -1.11. The molecule has 0 spiro atoms. The maximum Gasteiger partial charge on any atom is 0.256 e. The van der Waals surface area contributed by atoms with Gasteiger partial charge in [-0.3, -0.25) is 4.79 Å². The van der Waals surface area contributed by atoms with Gasteiger partial charge < -0.3 is 44.3 Å². The molecule has 0 bridgehead atoms. The van der Waals surface area contributed by atoms with Gasteiger partial charge in [0.2, 0.25) is 5.79 Å². The van der Waals surface area contributed by atoms with Crippen LogP contribution in [0, 0.1) is 11.3 Å². The van der Waals surface area contributed by atoms with Crippen molar-refractivity contribution in [2.45, 2.75) is 95.6 Å². The van der Waals surface area contributed by atoms with Crippen LogP contribution in [-0.2, 0) is 28.5 Å². The van der Waals surface area contributed by atoms with E-state index in [0.717, 1.165) is 5.57 Å². The van der Waals surface area contributed by atoms with Crippen molar-refractivity contribution >= 4 is 5.91 Å². The second-order valence-corrected chi connectivity index (χ2v) is 10.1. The molecule has 0 aromatic heterocycles. The van der Waals surface area contributed by atoms with E-state index in [1.54, 1.807) is 0 Å². The van der Waals surface area contributed by atoms with E-state index >= 15 is 0 Å². The number of ether oxygens (including phenoxy) is 5. The van der Waals surface area contributed by atoms with E-state index in [4.69, 9.17) is 23.7 Å². The molecule has 34 heavy (non-hydrogen) atoms. The van der Waals surface area contributed by atoms with Gasteiger partial charge in [-0.25, -0.2) is 0 Å². The number of hydrogen-bond donors (Lipinski definition) is 4. The highest BCUT2D eigenvalue weighted by Gasteiger charge is 2.51. The van der Waals surface area contributed by atoms with E-state index in [1.165, 1.54) is 21.3 Å². The van der Waals surface area contributed by atoms with Crippen molar-refractivity contribution in [3.8, 4) is 0 Å². The minimum absolute atomic E-state index is 0.0520. The van der Waals surface area contributed by atoms with Gasteiger partial charge in [-0.2, -0.15) is 0 Å². The molecule has 10 nitrogen and oxygen atoms in total. The van der Waals surface area contributed by atoms with E-state index in [0.29, 0.717) is 0 Å². The molecule has 2 aliphatic rings. The Balaban J connectivity index is 2.14. The molecule has 0 aromatic rings. The minimum atomic E-state index is -1.66. The van der Waals surface area contributed by atoms with Crippen molar-refractivity contribution in [1.29, 1.82) is 0 Å². The molecule has 0 aliphatic carbocycles. The number of hydrogen-bond acceptors (Lipinski definition) is 9. The molecule has 4 N–H and O–H groups in total. The average molecular weight is 490 g/mol. The lowest BCUT2D eigenvalue weighted by molar-refractivity contribution is -0.298. The van der Waals surface area contributed by atoms with Crippen LogP contribution in [0.5, 0.6) is 0 Å². The smallest absolute Gasteiger partial charge is 0.256 e. The fourth-order valence-corrected chi connectivity index (χ4v) is 4.63. The first-order chi connectivity index (χ1) is 15.8. The maximum atomic E-state index is 13.1. The molecule has 2 aliphatic heterocycles. The van der Waals surface area contributed by atoms with Crippen LogP contribution in [0.25, 0.3) is 0 Å². The number of carbonyl (C=O) groups is 1. The molecule has 198 valence electrons. The van der Waals surface area contributed by atoms with Gasteiger partial charge in [0.05, 0.1) is 31.0 Å². The highest BCUT2D eigenvalue weighted by molar-refractivity contribution is 5.82. The van der Waals surface area contributed by atoms with Gasteiger partial charge in [-0.1, -0.05) is 32.9 Å².